The number of carbonyl (C=O) groups excluding carboxylic acids is 1. The predicted octanol–water partition coefficient (Wildman–Crippen LogP) is 1.75. The van der Waals surface area contributed by atoms with Crippen LogP contribution in [-0.2, 0) is 11.3 Å². The summed E-state index contributed by atoms with van der Waals surface area (Å²) in [6, 6.07) is 9.00. The molecule has 0 aliphatic carbocycles. The molecule has 9 heteroatoms. The van der Waals surface area contributed by atoms with E-state index in [-0.39, 0.29) is 23.7 Å². The first-order valence-corrected chi connectivity index (χ1v) is 7.86. The second kappa shape index (κ2) is 8.25. The van der Waals surface area contributed by atoms with Crippen LogP contribution in [0.1, 0.15) is 0 Å². The smallest absolute Gasteiger partial charge is 0.269 e. The lowest BCUT2D eigenvalue weighted by atomic mass is 10.3. The normalized spacial score (nSPS) is 10.2. The van der Waals surface area contributed by atoms with Crippen molar-refractivity contribution < 1.29 is 9.72 Å². The molecule has 0 aliphatic rings. The van der Waals surface area contributed by atoms with Crippen LogP contribution in [0.5, 0.6) is 0 Å². The number of amides is 1. The van der Waals surface area contributed by atoms with Crippen LogP contribution in [0.2, 0.25) is 0 Å². The Hall–Kier alpha value is -2.68. The molecule has 126 valence electrons. The molecule has 0 atom stereocenters. The molecule has 1 amide bonds. The maximum Gasteiger partial charge on any atom is 0.269 e. The molecule has 0 saturated carbocycles. The molecular formula is C15H15BrN4O4. The number of halogens is 1. The minimum absolute atomic E-state index is 0.0216. The number of non-ortho nitro benzene ring substituents is 1. The topological polar surface area (TPSA) is 106 Å². The van der Waals surface area contributed by atoms with Gasteiger partial charge in [0.15, 0.2) is 0 Å². The fourth-order valence-corrected chi connectivity index (χ4v) is 2.33. The van der Waals surface area contributed by atoms with E-state index in [9.17, 15) is 19.7 Å². The summed E-state index contributed by atoms with van der Waals surface area (Å²) in [7, 11) is 0. The molecule has 2 rings (SSSR count). The third kappa shape index (κ3) is 5.20. The Labute approximate surface area is 145 Å². The third-order valence-electron chi connectivity index (χ3n) is 3.12. The Bertz CT molecular complexity index is 789. The molecule has 1 aromatic carbocycles. The molecule has 1 aromatic heterocycles. The van der Waals surface area contributed by atoms with Gasteiger partial charge in [-0.15, -0.1) is 0 Å². The summed E-state index contributed by atoms with van der Waals surface area (Å²) >= 11 is 3.25. The lowest BCUT2D eigenvalue weighted by molar-refractivity contribution is -0.384. The highest BCUT2D eigenvalue weighted by Gasteiger charge is 2.05. The van der Waals surface area contributed by atoms with Gasteiger partial charge < -0.3 is 15.2 Å². The van der Waals surface area contributed by atoms with E-state index < -0.39 is 4.92 Å². The van der Waals surface area contributed by atoms with Crippen LogP contribution in [0.15, 0.2) is 51.9 Å². The van der Waals surface area contributed by atoms with Crippen molar-refractivity contribution in [3.05, 3.63) is 67.5 Å². The second-order valence-corrected chi connectivity index (χ2v) is 5.81. The number of pyridine rings is 1. The number of hydrogen-bond acceptors (Lipinski definition) is 5. The summed E-state index contributed by atoms with van der Waals surface area (Å²) in [6.45, 7) is 0.755. The molecule has 24 heavy (non-hydrogen) atoms. The maximum atomic E-state index is 11.8. The summed E-state index contributed by atoms with van der Waals surface area (Å²) in [5.74, 6) is -0.277. The van der Waals surface area contributed by atoms with E-state index in [0.29, 0.717) is 13.1 Å². The van der Waals surface area contributed by atoms with Crippen molar-refractivity contribution in [2.45, 2.75) is 6.54 Å². The molecule has 0 saturated heterocycles. The number of nitrogens with one attached hydrogen (secondary N) is 2. The first-order chi connectivity index (χ1) is 11.5. The molecule has 0 radical (unpaired) electrons. The van der Waals surface area contributed by atoms with E-state index in [2.05, 4.69) is 26.6 Å². The van der Waals surface area contributed by atoms with Gasteiger partial charge in [0, 0.05) is 47.6 Å². The second-order valence-electron chi connectivity index (χ2n) is 4.89. The van der Waals surface area contributed by atoms with Crippen molar-refractivity contribution in [1.29, 1.82) is 0 Å². The number of hydrogen-bond donors (Lipinski definition) is 2. The quantitative estimate of drug-likeness (QED) is 0.422. The fourth-order valence-electron chi connectivity index (χ4n) is 1.95. The lowest BCUT2D eigenvalue weighted by Gasteiger charge is -2.09. The molecule has 0 spiro atoms. The first-order valence-electron chi connectivity index (χ1n) is 7.07. The highest BCUT2D eigenvalue weighted by molar-refractivity contribution is 9.10. The van der Waals surface area contributed by atoms with Crippen molar-refractivity contribution >= 4 is 33.2 Å². The average molecular weight is 395 g/mol. The van der Waals surface area contributed by atoms with Gasteiger partial charge in [0.05, 0.1) is 4.92 Å². The minimum Gasteiger partial charge on any atom is -0.383 e. The Balaban J connectivity index is 1.75. The Morgan fingerprint density at radius 1 is 1.17 bits per heavy atom. The number of benzene rings is 1. The van der Waals surface area contributed by atoms with Gasteiger partial charge in [0.1, 0.15) is 6.54 Å². The summed E-state index contributed by atoms with van der Waals surface area (Å²) < 4.78 is 2.03. The van der Waals surface area contributed by atoms with Gasteiger partial charge in [-0.1, -0.05) is 0 Å². The average Bonchev–Trinajstić information content (AvgIpc) is 2.55. The van der Waals surface area contributed by atoms with E-state index in [1.807, 2.05) is 0 Å². The molecular weight excluding hydrogens is 380 g/mol. The van der Waals surface area contributed by atoms with Crippen molar-refractivity contribution in [2.75, 3.05) is 18.4 Å². The van der Waals surface area contributed by atoms with E-state index in [0.717, 1.165) is 10.2 Å². The number of carbonyl (C=O) groups is 1. The Morgan fingerprint density at radius 2 is 1.88 bits per heavy atom. The van der Waals surface area contributed by atoms with Gasteiger partial charge in [-0.05, 0) is 34.1 Å². The summed E-state index contributed by atoms with van der Waals surface area (Å²) in [5.41, 5.74) is 0.490. The Morgan fingerprint density at radius 3 is 2.54 bits per heavy atom. The molecule has 2 N–H and O–H groups in total. The molecule has 0 bridgehead atoms. The van der Waals surface area contributed by atoms with Crippen molar-refractivity contribution in [1.82, 2.24) is 9.88 Å². The van der Waals surface area contributed by atoms with Crippen LogP contribution >= 0.6 is 15.9 Å². The van der Waals surface area contributed by atoms with Crippen molar-refractivity contribution in [3.63, 3.8) is 0 Å². The standard InChI is InChI=1S/C15H15BrN4O4/c16-11-1-6-15(22)19(9-11)10-14(21)18-8-7-17-12-2-4-13(5-3-12)20(23)24/h1-6,9,17H,7-8,10H2,(H,18,21). The van der Waals surface area contributed by atoms with Crippen molar-refractivity contribution in [3.8, 4) is 0 Å². The zero-order chi connectivity index (χ0) is 17.5. The van der Waals surface area contributed by atoms with Gasteiger partial charge in [-0.3, -0.25) is 19.7 Å². The van der Waals surface area contributed by atoms with E-state index >= 15 is 0 Å². The molecule has 0 unspecified atom stereocenters. The summed E-state index contributed by atoms with van der Waals surface area (Å²) in [6.07, 6.45) is 1.55. The van der Waals surface area contributed by atoms with Crippen LogP contribution in [0.4, 0.5) is 11.4 Å². The fraction of sp³-hybridized carbons (Fsp3) is 0.200. The largest absolute Gasteiger partial charge is 0.383 e. The SMILES string of the molecule is O=C(Cn1cc(Br)ccc1=O)NCCNc1ccc([N+](=O)[O-])cc1. The first kappa shape index (κ1) is 17.7. The number of anilines is 1. The van der Waals surface area contributed by atoms with Crippen LogP contribution < -0.4 is 16.2 Å². The van der Waals surface area contributed by atoms with Gasteiger partial charge in [0.2, 0.25) is 5.91 Å². The number of nitrogens with zero attached hydrogens (tertiary/aromatic N) is 2. The highest BCUT2D eigenvalue weighted by Crippen LogP contribution is 2.14. The van der Waals surface area contributed by atoms with Crippen LogP contribution in [0.3, 0.4) is 0 Å². The van der Waals surface area contributed by atoms with Crippen LogP contribution in [0.25, 0.3) is 0 Å². The van der Waals surface area contributed by atoms with E-state index in [1.165, 1.54) is 22.8 Å². The van der Waals surface area contributed by atoms with Crippen LogP contribution in [0, 0.1) is 10.1 Å². The zero-order valence-electron chi connectivity index (χ0n) is 12.6. The van der Waals surface area contributed by atoms with Gasteiger partial charge >= 0.3 is 0 Å². The third-order valence-corrected chi connectivity index (χ3v) is 3.58. The molecule has 8 nitrogen and oxygen atoms in total. The highest BCUT2D eigenvalue weighted by atomic mass is 79.9. The zero-order valence-corrected chi connectivity index (χ0v) is 14.2. The number of nitro groups is 1. The number of nitro benzene ring substituents is 1. The lowest BCUT2D eigenvalue weighted by Crippen LogP contribution is -2.34. The summed E-state index contributed by atoms with van der Waals surface area (Å²) in [5, 5.41) is 16.3. The van der Waals surface area contributed by atoms with Crippen molar-refractivity contribution in [2.24, 2.45) is 0 Å². The van der Waals surface area contributed by atoms with Gasteiger partial charge in [-0.2, -0.15) is 0 Å². The molecule has 2 aromatic rings. The number of rotatable bonds is 7. The predicted molar refractivity (Wildman–Crippen MR) is 93.0 cm³/mol. The summed E-state index contributed by atoms with van der Waals surface area (Å²) in [4.78, 5) is 33.5. The Kier molecular flexibility index (Phi) is 6.07. The van der Waals surface area contributed by atoms with Gasteiger partial charge in [0.25, 0.3) is 11.2 Å². The number of aromatic nitrogens is 1. The minimum atomic E-state index is -0.464. The van der Waals surface area contributed by atoms with E-state index in [4.69, 9.17) is 0 Å². The monoisotopic (exact) mass is 394 g/mol. The van der Waals surface area contributed by atoms with E-state index in [1.54, 1.807) is 24.4 Å². The maximum absolute atomic E-state index is 11.8. The van der Waals surface area contributed by atoms with Gasteiger partial charge in [-0.25, -0.2) is 0 Å². The molecule has 0 fully saturated rings. The van der Waals surface area contributed by atoms with Crippen LogP contribution in [-0.4, -0.2) is 28.5 Å². The molecule has 0 aliphatic heterocycles. The molecule has 1 heterocycles.